The molecule has 0 saturated carbocycles. The maximum Gasteiger partial charge on any atom is 0.406 e. The third-order valence-corrected chi connectivity index (χ3v) is 3.35. The second kappa shape index (κ2) is 5.69. The fourth-order valence-corrected chi connectivity index (χ4v) is 2.32. The molecule has 0 aliphatic heterocycles. The summed E-state index contributed by atoms with van der Waals surface area (Å²) in [6.07, 6.45) is -1.30. The summed E-state index contributed by atoms with van der Waals surface area (Å²) in [5.41, 5.74) is 1.90. The fourth-order valence-electron chi connectivity index (χ4n) is 2.16. The largest absolute Gasteiger partial charge is 0.406 e. The minimum Gasteiger partial charge on any atom is -0.353 e. The van der Waals surface area contributed by atoms with Gasteiger partial charge in [-0.3, -0.25) is 0 Å². The van der Waals surface area contributed by atoms with Crippen LogP contribution in [0.15, 0.2) is 30.6 Å². The Hall–Kier alpha value is -2.35. The maximum absolute atomic E-state index is 12.5. The van der Waals surface area contributed by atoms with Gasteiger partial charge in [-0.2, -0.15) is 13.2 Å². The number of H-pyrrole nitrogens is 1. The van der Waals surface area contributed by atoms with E-state index in [1.807, 2.05) is 0 Å². The highest BCUT2D eigenvalue weighted by Gasteiger charge is 2.30. The van der Waals surface area contributed by atoms with Crippen LogP contribution in [0, 0.1) is 0 Å². The molecule has 0 atom stereocenters. The number of aromatic nitrogens is 4. The van der Waals surface area contributed by atoms with E-state index in [0.29, 0.717) is 16.5 Å². The zero-order valence-electron chi connectivity index (χ0n) is 11.9. The van der Waals surface area contributed by atoms with Crippen LogP contribution in [0.2, 0.25) is 5.15 Å². The van der Waals surface area contributed by atoms with Gasteiger partial charge in [0.25, 0.3) is 0 Å². The van der Waals surface area contributed by atoms with Crippen LogP contribution in [0.5, 0.6) is 0 Å². The summed E-state index contributed by atoms with van der Waals surface area (Å²) in [5, 5.41) is 1.17. The molecule has 9 heteroatoms. The smallest absolute Gasteiger partial charge is 0.353 e. The van der Waals surface area contributed by atoms with Gasteiger partial charge in [0.05, 0.1) is 16.9 Å². The second-order valence-electron chi connectivity index (χ2n) is 4.99. The van der Waals surface area contributed by atoms with Crippen molar-refractivity contribution in [1.29, 1.82) is 0 Å². The first-order chi connectivity index (χ1) is 10.8. The monoisotopic (exact) mass is 341 g/mol. The summed E-state index contributed by atoms with van der Waals surface area (Å²) in [4.78, 5) is 16.1. The Bertz CT molecular complexity index is 846. The van der Waals surface area contributed by atoms with Gasteiger partial charge in [-0.1, -0.05) is 11.6 Å². The lowest BCUT2D eigenvalue weighted by Gasteiger charge is -2.18. The molecule has 3 rings (SSSR count). The predicted octanol–water partition coefficient (Wildman–Crippen LogP) is 3.67. The van der Waals surface area contributed by atoms with E-state index in [1.165, 1.54) is 13.2 Å². The number of rotatable bonds is 3. The molecule has 3 aromatic heterocycles. The Morgan fingerprint density at radius 1 is 1.26 bits per heavy atom. The van der Waals surface area contributed by atoms with Crippen molar-refractivity contribution in [3.63, 3.8) is 0 Å². The van der Waals surface area contributed by atoms with Crippen molar-refractivity contribution in [2.75, 3.05) is 18.5 Å². The molecule has 1 N–H and O–H groups in total. The number of hydrogen-bond donors (Lipinski definition) is 1. The van der Waals surface area contributed by atoms with Crippen LogP contribution in [0.3, 0.4) is 0 Å². The van der Waals surface area contributed by atoms with E-state index >= 15 is 0 Å². The molecule has 0 aliphatic rings. The first-order valence-corrected chi connectivity index (χ1v) is 6.95. The minimum absolute atomic E-state index is 0.00496. The third-order valence-electron chi connectivity index (χ3n) is 3.15. The van der Waals surface area contributed by atoms with E-state index in [0.717, 1.165) is 15.8 Å². The topological polar surface area (TPSA) is 57.7 Å². The quantitative estimate of drug-likeness (QED) is 0.738. The fraction of sp³-hybridized carbons (Fsp3) is 0.214. The number of pyridine rings is 1. The van der Waals surface area contributed by atoms with Crippen molar-refractivity contribution >= 4 is 28.5 Å². The normalized spacial score (nSPS) is 11.9. The number of nitrogens with zero attached hydrogens (tertiary/aromatic N) is 4. The number of halogens is 4. The first-order valence-electron chi connectivity index (χ1n) is 6.57. The highest BCUT2D eigenvalue weighted by Crippen LogP contribution is 2.25. The Kier molecular flexibility index (Phi) is 3.85. The molecule has 0 aromatic carbocycles. The van der Waals surface area contributed by atoms with Gasteiger partial charge in [-0.05, 0) is 18.2 Å². The van der Waals surface area contributed by atoms with Crippen molar-refractivity contribution in [3.05, 3.63) is 35.7 Å². The number of alkyl halides is 3. The molecule has 0 amide bonds. The average molecular weight is 342 g/mol. The van der Waals surface area contributed by atoms with Gasteiger partial charge in [0, 0.05) is 24.8 Å². The lowest BCUT2D eigenvalue weighted by molar-refractivity contribution is -0.119. The molecule has 5 nitrogen and oxygen atoms in total. The molecule has 0 aliphatic carbocycles. The molecule has 0 bridgehead atoms. The molecule has 3 heterocycles. The van der Waals surface area contributed by atoms with E-state index in [1.54, 1.807) is 24.4 Å². The summed E-state index contributed by atoms with van der Waals surface area (Å²) in [5.74, 6) is -0.00496. The van der Waals surface area contributed by atoms with Crippen molar-refractivity contribution < 1.29 is 13.2 Å². The number of nitrogens with one attached hydrogen (secondary N) is 1. The number of hydrogen-bond acceptors (Lipinski definition) is 4. The van der Waals surface area contributed by atoms with Gasteiger partial charge >= 0.3 is 6.18 Å². The molecule has 0 unspecified atom stereocenters. The maximum atomic E-state index is 12.5. The summed E-state index contributed by atoms with van der Waals surface area (Å²) in [6, 6.07) is 5.08. The van der Waals surface area contributed by atoms with Gasteiger partial charge < -0.3 is 9.88 Å². The molecular formula is C14H11ClF3N5. The third kappa shape index (κ3) is 3.53. The Morgan fingerprint density at radius 2 is 2.04 bits per heavy atom. The lowest BCUT2D eigenvalue weighted by atomic mass is 10.3. The predicted molar refractivity (Wildman–Crippen MR) is 81.5 cm³/mol. The van der Waals surface area contributed by atoms with Crippen LogP contribution < -0.4 is 4.90 Å². The standard InChI is InChI=1S/C14H11ClF3N5/c1-23(7-14(16,17)18)13-19-3-2-9(22-13)11-4-8-6-20-12(15)5-10(8)21-11/h2-6,21H,7H2,1H3. The van der Waals surface area contributed by atoms with Gasteiger partial charge in [0.2, 0.25) is 5.95 Å². The molecule has 23 heavy (non-hydrogen) atoms. The van der Waals surface area contributed by atoms with Crippen molar-refractivity contribution in [2.24, 2.45) is 0 Å². The molecule has 0 fully saturated rings. The zero-order valence-corrected chi connectivity index (χ0v) is 12.7. The zero-order chi connectivity index (χ0) is 16.6. The summed E-state index contributed by atoms with van der Waals surface area (Å²) in [7, 11) is 1.29. The summed E-state index contributed by atoms with van der Waals surface area (Å²) < 4.78 is 37.4. The summed E-state index contributed by atoms with van der Waals surface area (Å²) >= 11 is 5.83. The SMILES string of the molecule is CN(CC(F)(F)F)c1nccc(-c2cc3cnc(Cl)cc3[nH]2)n1. The van der Waals surface area contributed by atoms with Crippen molar-refractivity contribution in [2.45, 2.75) is 6.18 Å². The van der Waals surface area contributed by atoms with Crippen molar-refractivity contribution in [1.82, 2.24) is 19.9 Å². The highest BCUT2D eigenvalue weighted by molar-refractivity contribution is 6.30. The molecule has 3 aromatic rings. The van der Waals surface area contributed by atoms with Crippen LogP contribution in [0.1, 0.15) is 0 Å². The van der Waals surface area contributed by atoms with Gasteiger partial charge in [0.1, 0.15) is 11.7 Å². The van der Waals surface area contributed by atoms with E-state index in [-0.39, 0.29) is 5.95 Å². The van der Waals surface area contributed by atoms with Crippen molar-refractivity contribution in [3.8, 4) is 11.4 Å². The molecule has 0 radical (unpaired) electrons. The second-order valence-corrected chi connectivity index (χ2v) is 5.38. The molecule has 120 valence electrons. The Labute approximate surface area is 134 Å². The molecule has 0 saturated heterocycles. The van der Waals surface area contributed by atoms with Gasteiger partial charge in [0.15, 0.2) is 0 Å². The van der Waals surface area contributed by atoms with E-state index in [4.69, 9.17) is 11.6 Å². The Balaban J connectivity index is 1.94. The van der Waals surface area contributed by atoms with Crippen LogP contribution >= 0.6 is 11.6 Å². The van der Waals surface area contributed by atoms with Gasteiger partial charge in [-0.15, -0.1) is 0 Å². The number of aromatic amines is 1. The van der Waals surface area contributed by atoms with Crippen LogP contribution in [0.4, 0.5) is 19.1 Å². The lowest BCUT2D eigenvalue weighted by Crippen LogP contribution is -2.32. The van der Waals surface area contributed by atoms with E-state index in [2.05, 4.69) is 19.9 Å². The average Bonchev–Trinajstić information content (AvgIpc) is 2.88. The van der Waals surface area contributed by atoms with Crippen LogP contribution in [0.25, 0.3) is 22.3 Å². The van der Waals surface area contributed by atoms with Crippen LogP contribution in [-0.4, -0.2) is 39.7 Å². The van der Waals surface area contributed by atoms with E-state index < -0.39 is 12.7 Å². The first kappa shape index (κ1) is 15.5. The van der Waals surface area contributed by atoms with Crippen LogP contribution in [-0.2, 0) is 0 Å². The van der Waals surface area contributed by atoms with E-state index in [9.17, 15) is 13.2 Å². The highest BCUT2D eigenvalue weighted by atomic mass is 35.5. The number of anilines is 1. The minimum atomic E-state index is -4.32. The molecule has 0 spiro atoms. The van der Waals surface area contributed by atoms with Gasteiger partial charge in [-0.25, -0.2) is 15.0 Å². The molecular weight excluding hydrogens is 331 g/mol. The summed E-state index contributed by atoms with van der Waals surface area (Å²) in [6.45, 7) is -1.12. The number of fused-ring (bicyclic) bond motifs is 1. The Morgan fingerprint density at radius 3 is 2.78 bits per heavy atom.